The first kappa shape index (κ1) is 32.4. The summed E-state index contributed by atoms with van der Waals surface area (Å²) in [6.45, 7) is 0. The van der Waals surface area contributed by atoms with Gasteiger partial charge in [0.15, 0.2) is 5.58 Å². The third kappa shape index (κ3) is 4.95. The van der Waals surface area contributed by atoms with Crippen molar-refractivity contribution in [2.45, 2.75) is 0 Å². The van der Waals surface area contributed by atoms with Crippen LogP contribution >= 0.6 is 0 Å². The molecule has 3 aromatic heterocycles. The van der Waals surface area contributed by atoms with Gasteiger partial charge in [-0.1, -0.05) is 158 Å². The lowest BCUT2D eigenvalue weighted by atomic mass is 9.96. The van der Waals surface area contributed by atoms with Gasteiger partial charge >= 0.3 is 0 Å². The van der Waals surface area contributed by atoms with E-state index in [0.717, 1.165) is 116 Å². The zero-order valence-corrected chi connectivity index (χ0v) is 31.2. The van der Waals surface area contributed by atoms with E-state index in [1.165, 1.54) is 0 Å². The van der Waals surface area contributed by atoms with Gasteiger partial charge in [0.05, 0.1) is 11.4 Å². The minimum atomic E-state index is 0.843. The van der Waals surface area contributed by atoms with E-state index in [0.29, 0.717) is 0 Å². The van der Waals surface area contributed by atoms with E-state index in [4.69, 9.17) is 13.3 Å². The molecule has 0 N–H and O–H groups in total. The summed E-state index contributed by atoms with van der Waals surface area (Å²) in [4.78, 5) is 2.32. The highest BCUT2D eigenvalue weighted by molar-refractivity contribution is 6.24. The Morgan fingerprint density at radius 3 is 1.67 bits per heavy atom. The van der Waals surface area contributed by atoms with Crippen molar-refractivity contribution in [2.24, 2.45) is 0 Å². The molecule has 0 atom stereocenters. The summed E-state index contributed by atoms with van der Waals surface area (Å²) in [6.07, 6.45) is 0. The van der Waals surface area contributed by atoms with Crippen molar-refractivity contribution in [3.8, 4) is 33.4 Å². The van der Waals surface area contributed by atoms with Crippen LogP contribution < -0.4 is 4.90 Å². The van der Waals surface area contributed by atoms with Crippen LogP contribution in [-0.2, 0) is 0 Å². The zero-order chi connectivity index (χ0) is 38.2. The smallest absolute Gasteiger partial charge is 0.159 e. The van der Waals surface area contributed by atoms with Crippen LogP contribution in [0.1, 0.15) is 0 Å². The minimum Gasteiger partial charge on any atom is -0.456 e. The van der Waals surface area contributed by atoms with Gasteiger partial charge in [0.25, 0.3) is 0 Å². The first-order valence-corrected chi connectivity index (χ1v) is 19.6. The van der Waals surface area contributed by atoms with Crippen LogP contribution in [0, 0.1) is 0 Å². The number of hydrogen-bond donors (Lipinski definition) is 0. The molecule has 0 saturated heterocycles. The zero-order valence-electron chi connectivity index (χ0n) is 31.2. The number of nitrogens with zero attached hydrogens (tertiary/aromatic N) is 1. The third-order valence-electron chi connectivity index (χ3n) is 11.5. The van der Waals surface area contributed by atoms with Crippen LogP contribution in [0.2, 0.25) is 0 Å². The van der Waals surface area contributed by atoms with Crippen molar-refractivity contribution in [3.05, 3.63) is 200 Å². The van der Waals surface area contributed by atoms with Crippen LogP contribution in [0.5, 0.6) is 0 Å². The molecule has 0 aliphatic rings. The first-order chi connectivity index (χ1) is 28.8. The molecule has 12 rings (SSSR count). The second-order valence-electron chi connectivity index (χ2n) is 14.8. The Morgan fingerprint density at radius 2 is 0.879 bits per heavy atom. The Bertz CT molecular complexity index is 3500. The van der Waals surface area contributed by atoms with Gasteiger partial charge in [-0.3, -0.25) is 0 Å². The Hall–Kier alpha value is -7.82. The predicted molar refractivity (Wildman–Crippen MR) is 239 cm³/mol. The summed E-state index contributed by atoms with van der Waals surface area (Å²) >= 11 is 0. The van der Waals surface area contributed by atoms with Gasteiger partial charge in [0.1, 0.15) is 27.9 Å². The van der Waals surface area contributed by atoms with Crippen molar-refractivity contribution < 1.29 is 13.3 Å². The number of fused-ring (bicyclic) bond motifs is 9. The Balaban J connectivity index is 1.05. The number of anilines is 3. The lowest BCUT2D eigenvalue weighted by molar-refractivity contribution is 0.665. The highest BCUT2D eigenvalue weighted by Gasteiger charge is 2.24. The van der Waals surface area contributed by atoms with Crippen LogP contribution in [0.25, 0.3) is 99.2 Å². The third-order valence-corrected chi connectivity index (χ3v) is 11.5. The number of furan rings is 3. The number of para-hydroxylation sites is 5. The fourth-order valence-corrected chi connectivity index (χ4v) is 8.88. The monoisotopic (exact) mass is 743 g/mol. The Morgan fingerprint density at radius 1 is 0.310 bits per heavy atom. The molecular formula is C54H33NO3. The molecule has 4 nitrogen and oxygen atoms in total. The molecule has 58 heavy (non-hydrogen) atoms. The van der Waals surface area contributed by atoms with Crippen molar-refractivity contribution in [1.29, 1.82) is 0 Å². The fourth-order valence-electron chi connectivity index (χ4n) is 8.88. The van der Waals surface area contributed by atoms with Gasteiger partial charge in [-0.15, -0.1) is 0 Å². The Labute approximate surface area is 333 Å². The molecule has 0 amide bonds. The molecule has 0 radical (unpaired) electrons. The lowest BCUT2D eigenvalue weighted by Gasteiger charge is -2.28. The lowest BCUT2D eigenvalue weighted by Crippen LogP contribution is -2.11. The van der Waals surface area contributed by atoms with Crippen molar-refractivity contribution in [2.75, 3.05) is 4.90 Å². The van der Waals surface area contributed by atoms with E-state index < -0.39 is 0 Å². The highest BCUT2D eigenvalue weighted by Crippen LogP contribution is 2.48. The number of benzene rings is 9. The molecule has 4 heteroatoms. The van der Waals surface area contributed by atoms with Crippen molar-refractivity contribution in [3.63, 3.8) is 0 Å². The largest absolute Gasteiger partial charge is 0.456 e. The molecule has 0 bridgehead atoms. The molecule has 3 heterocycles. The molecular weight excluding hydrogens is 711 g/mol. The van der Waals surface area contributed by atoms with Gasteiger partial charge in [0.2, 0.25) is 0 Å². The standard InChI is InChI=1S/C54H33NO3/c1-3-15-34(16-4-1)38-19-7-10-25-45(38)55(46-26-14-24-41-40-20-8-11-27-47(40)57-53(41)46)37-31-29-35(30-32-37)39-22-13-23-42-44-33-49-51(43-21-9-12-28-48(43)56-49)50(54(44)58-52(39)42)36-17-5-2-6-18-36/h1-33H. The minimum absolute atomic E-state index is 0.843. The second kappa shape index (κ2) is 12.9. The topological polar surface area (TPSA) is 42.7 Å². The summed E-state index contributed by atoms with van der Waals surface area (Å²) in [7, 11) is 0. The predicted octanol–water partition coefficient (Wildman–Crippen LogP) is 15.9. The summed E-state index contributed by atoms with van der Waals surface area (Å²) in [5.74, 6) is 0. The SMILES string of the molecule is c1ccc(-c2ccccc2N(c2ccc(-c3cccc4c3oc3c(-c5ccccc5)c5c(cc34)oc3ccccc35)cc2)c2cccc3c2oc2ccccc23)cc1. The van der Waals surface area contributed by atoms with E-state index >= 15 is 0 Å². The van der Waals surface area contributed by atoms with E-state index in [1.54, 1.807) is 0 Å². The first-order valence-electron chi connectivity index (χ1n) is 19.6. The van der Waals surface area contributed by atoms with Crippen molar-refractivity contribution >= 4 is 82.9 Å². The molecule has 9 aromatic carbocycles. The molecule has 0 aliphatic heterocycles. The fraction of sp³-hybridized carbons (Fsp3) is 0. The quantitative estimate of drug-likeness (QED) is 0.170. The highest BCUT2D eigenvalue weighted by atomic mass is 16.3. The molecule has 12 aromatic rings. The molecule has 272 valence electrons. The van der Waals surface area contributed by atoms with Gasteiger partial charge in [-0.2, -0.15) is 0 Å². The molecule has 0 saturated carbocycles. The normalized spacial score (nSPS) is 11.8. The maximum absolute atomic E-state index is 7.04. The second-order valence-corrected chi connectivity index (χ2v) is 14.8. The van der Waals surface area contributed by atoms with Crippen molar-refractivity contribution in [1.82, 2.24) is 0 Å². The van der Waals surface area contributed by atoms with Crippen LogP contribution in [0.4, 0.5) is 17.1 Å². The van der Waals surface area contributed by atoms with Gasteiger partial charge in [0, 0.05) is 54.7 Å². The van der Waals surface area contributed by atoms with Gasteiger partial charge in [-0.25, -0.2) is 0 Å². The maximum atomic E-state index is 7.04. The van der Waals surface area contributed by atoms with Gasteiger partial charge in [-0.05, 0) is 59.2 Å². The molecule has 0 spiro atoms. The van der Waals surface area contributed by atoms with E-state index in [-0.39, 0.29) is 0 Å². The summed E-state index contributed by atoms with van der Waals surface area (Å²) in [5, 5.41) is 6.40. The van der Waals surface area contributed by atoms with Crippen LogP contribution in [0.15, 0.2) is 213 Å². The van der Waals surface area contributed by atoms with E-state index in [2.05, 4.69) is 175 Å². The maximum Gasteiger partial charge on any atom is 0.159 e. The summed E-state index contributed by atoms with van der Waals surface area (Å²) < 4.78 is 20.2. The summed E-state index contributed by atoms with van der Waals surface area (Å²) in [6, 6.07) is 70.0. The average Bonchev–Trinajstić information content (AvgIpc) is 3.98. The summed E-state index contributed by atoms with van der Waals surface area (Å²) in [5.41, 5.74) is 14.6. The number of rotatable bonds is 6. The van der Waals surface area contributed by atoms with E-state index in [9.17, 15) is 0 Å². The van der Waals surface area contributed by atoms with Crippen LogP contribution in [-0.4, -0.2) is 0 Å². The Kier molecular flexibility index (Phi) is 7.20. The average molecular weight is 744 g/mol. The molecule has 0 unspecified atom stereocenters. The molecule has 0 aliphatic carbocycles. The van der Waals surface area contributed by atoms with Crippen LogP contribution in [0.3, 0.4) is 0 Å². The van der Waals surface area contributed by atoms with Gasteiger partial charge < -0.3 is 18.2 Å². The van der Waals surface area contributed by atoms with E-state index in [1.807, 2.05) is 30.3 Å². The molecule has 0 fully saturated rings. The number of hydrogen-bond acceptors (Lipinski definition) is 4.